The van der Waals surface area contributed by atoms with E-state index in [1.54, 1.807) is 4.90 Å². The van der Waals surface area contributed by atoms with Gasteiger partial charge in [0.25, 0.3) is 0 Å². The first-order chi connectivity index (χ1) is 20.7. The van der Waals surface area contributed by atoms with Crippen molar-refractivity contribution in [3.63, 3.8) is 0 Å². The van der Waals surface area contributed by atoms with E-state index in [-0.39, 0.29) is 69.9 Å². The molecule has 0 bridgehead atoms. The molecule has 0 spiro atoms. The van der Waals surface area contributed by atoms with E-state index < -0.39 is 11.6 Å². The Kier molecular flexibility index (Phi) is 10.0. The second-order valence-corrected chi connectivity index (χ2v) is 11.4. The van der Waals surface area contributed by atoms with Crippen LogP contribution in [-0.4, -0.2) is 55.3 Å². The van der Waals surface area contributed by atoms with E-state index in [4.69, 9.17) is 15.2 Å². The number of anilines is 1. The average Bonchev–Trinajstić information content (AvgIpc) is 3.64. The maximum absolute atomic E-state index is 16.7. The first kappa shape index (κ1) is 32.3. The Hall–Kier alpha value is -3.63. The van der Waals surface area contributed by atoms with Crippen molar-refractivity contribution in [2.75, 3.05) is 45.2 Å². The average molecular weight is 619 g/mol. The smallest absolute Gasteiger partial charge is 0.319 e. The highest BCUT2D eigenvalue weighted by molar-refractivity contribution is 7.99. The number of hydrogen-bond donors (Lipinski definition) is 1. The Morgan fingerprint density at radius 3 is 2.42 bits per heavy atom. The maximum Gasteiger partial charge on any atom is 0.319 e. The molecular formula is C30H34F4N6O2S. The minimum atomic E-state index is -0.649. The predicted octanol–water partition coefficient (Wildman–Crippen LogP) is 6.50. The van der Waals surface area contributed by atoms with Crippen molar-refractivity contribution < 1.29 is 27.0 Å². The number of fused-ring (bicyclic) bond motifs is 4. The molecule has 3 aliphatic rings. The molecule has 0 saturated heterocycles. The Bertz CT molecular complexity index is 1600. The molecule has 6 rings (SSSR count). The quantitative estimate of drug-likeness (QED) is 0.310. The van der Waals surface area contributed by atoms with Gasteiger partial charge in [0.15, 0.2) is 11.6 Å². The van der Waals surface area contributed by atoms with Gasteiger partial charge in [0, 0.05) is 42.1 Å². The van der Waals surface area contributed by atoms with Crippen molar-refractivity contribution in [3.05, 3.63) is 40.2 Å². The number of ether oxygens (including phenoxy) is 2. The number of halogens is 4. The molecule has 2 aliphatic heterocycles. The van der Waals surface area contributed by atoms with E-state index in [1.807, 2.05) is 14.1 Å². The van der Waals surface area contributed by atoms with Gasteiger partial charge in [-0.2, -0.15) is 15.2 Å². The van der Waals surface area contributed by atoms with Crippen molar-refractivity contribution in [3.8, 4) is 23.3 Å². The summed E-state index contributed by atoms with van der Waals surface area (Å²) in [6, 6.07) is 2.17. The van der Waals surface area contributed by atoms with Crippen LogP contribution in [0.2, 0.25) is 0 Å². The van der Waals surface area contributed by atoms with E-state index in [0.29, 0.717) is 36.2 Å². The number of hydrogen-bond acceptors (Lipinski definition) is 9. The summed E-state index contributed by atoms with van der Waals surface area (Å²) >= 11 is 1.16. The van der Waals surface area contributed by atoms with Crippen molar-refractivity contribution >= 4 is 34.1 Å². The molecule has 2 aromatic heterocycles. The molecule has 230 valence electrons. The largest absolute Gasteiger partial charge is 0.463 e. The van der Waals surface area contributed by atoms with Gasteiger partial charge in [0.2, 0.25) is 0 Å². The first-order valence-corrected chi connectivity index (χ1v) is 14.8. The van der Waals surface area contributed by atoms with Gasteiger partial charge in [-0.15, -0.1) is 11.8 Å². The fraction of sp³-hybridized carbons (Fsp3) is 0.467. The second kappa shape index (κ2) is 13.3. The van der Waals surface area contributed by atoms with Gasteiger partial charge in [-0.1, -0.05) is 6.92 Å². The van der Waals surface area contributed by atoms with Crippen LogP contribution in [0.4, 0.5) is 23.4 Å². The van der Waals surface area contributed by atoms with Crippen LogP contribution in [0.5, 0.6) is 6.01 Å². The zero-order valence-corrected chi connectivity index (χ0v) is 25.6. The van der Waals surface area contributed by atoms with Crippen LogP contribution in [0.15, 0.2) is 16.8 Å². The van der Waals surface area contributed by atoms with Crippen molar-refractivity contribution in [1.82, 2.24) is 15.0 Å². The molecule has 1 fully saturated rings. The fourth-order valence-electron chi connectivity index (χ4n) is 5.17. The highest BCUT2D eigenvalue weighted by atomic mass is 32.2. The van der Waals surface area contributed by atoms with Gasteiger partial charge in [-0.3, -0.25) is 13.8 Å². The standard InChI is InChI=1S/C27H26F2N6O2S.C2H5F.CH3F/c1-4-27(5-6-27)12-37-26-33-23-20(25(34-26)35(2)3)15-10-36-9-14(15)18(21(23)29)22-19-13(7-30)17(31)11-38-24(19)16(28)8-32-22;1-2-3;1-2/h8H,4-6,9-12,31H2,1-3H3;2H2,1H3;1H3. The van der Waals surface area contributed by atoms with E-state index in [9.17, 15) is 18.4 Å². The van der Waals surface area contributed by atoms with Crippen LogP contribution in [0, 0.1) is 28.4 Å². The van der Waals surface area contributed by atoms with Crippen molar-refractivity contribution in [2.45, 2.75) is 51.2 Å². The molecule has 2 N–H and O–H groups in total. The van der Waals surface area contributed by atoms with Gasteiger partial charge >= 0.3 is 6.01 Å². The third-order valence-electron chi connectivity index (χ3n) is 7.68. The van der Waals surface area contributed by atoms with Crippen LogP contribution in [-0.2, 0) is 18.0 Å². The summed E-state index contributed by atoms with van der Waals surface area (Å²) < 4.78 is 63.1. The Morgan fingerprint density at radius 2 is 1.81 bits per heavy atom. The first-order valence-electron chi connectivity index (χ1n) is 13.8. The lowest BCUT2D eigenvalue weighted by Gasteiger charge is -2.23. The number of allylic oxidation sites excluding steroid dienone is 1. The van der Waals surface area contributed by atoms with E-state index in [2.05, 4.69) is 27.9 Å². The molecule has 43 heavy (non-hydrogen) atoms. The molecule has 0 radical (unpaired) electrons. The molecule has 1 aromatic carbocycles. The Balaban J connectivity index is 0.000000798. The van der Waals surface area contributed by atoms with Crippen LogP contribution in [0.1, 0.15) is 49.8 Å². The number of thioether (sulfide) groups is 1. The second-order valence-electron chi connectivity index (χ2n) is 10.5. The lowest BCUT2D eigenvalue weighted by molar-refractivity contribution is 0.135. The highest BCUT2D eigenvalue weighted by Crippen LogP contribution is 2.49. The Labute approximate surface area is 252 Å². The number of nitriles is 1. The summed E-state index contributed by atoms with van der Waals surface area (Å²) in [4.78, 5) is 15.5. The summed E-state index contributed by atoms with van der Waals surface area (Å²) in [6.45, 7) is 4.15. The summed E-state index contributed by atoms with van der Waals surface area (Å²) in [6.07, 6.45) is 4.21. The lowest BCUT2D eigenvalue weighted by atomic mass is 9.91. The number of alkyl halides is 2. The molecule has 4 heterocycles. The number of aromatic nitrogens is 3. The number of nitrogens with two attached hydrogens (primary N) is 1. The SMILES string of the molecule is CCC1(COc2nc(N(C)C)c3c4c(c(-c5ncc(F)c6c5C(C#N)=C(N)CS6)c(F)c3n2)COC4)CC1.CCF.CF. The monoisotopic (exact) mass is 618 g/mol. The van der Waals surface area contributed by atoms with Crippen LogP contribution in [0.3, 0.4) is 0 Å². The zero-order chi connectivity index (χ0) is 31.5. The minimum Gasteiger partial charge on any atom is -0.463 e. The van der Waals surface area contributed by atoms with Gasteiger partial charge in [0.05, 0.1) is 61.4 Å². The zero-order valence-electron chi connectivity index (χ0n) is 24.8. The number of benzene rings is 1. The number of pyridine rings is 1. The van der Waals surface area contributed by atoms with E-state index in [0.717, 1.165) is 42.8 Å². The van der Waals surface area contributed by atoms with Crippen LogP contribution in [0.25, 0.3) is 27.7 Å². The van der Waals surface area contributed by atoms with Gasteiger partial charge in [-0.25, -0.2) is 8.78 Å². The fourth-order valence-corrected chi connectivity index (χ4v) is 6.14. The molecule has 1 saturated carbocycles. The Morgan fingerprint density at radius 1 is 1.14 bits per heavy atom. The van der Waals surface area contributed by atoms with E-state index in [1.165, 1.54) is 6.92 Å². The van der Waals surface area contributed by atoms with Crippen LogP contribution >= 0.6 is 11.8 Å². The van der Waals surface area contributed by atoms with E-state index >= 15 is 4.39 Å². The summed E-state index contributed by atoms with van der Waals surface area (Å²) in [5.74, 6) is -0.452. The molecule has 0 atom stereocenters. The van der Waals surface area contributed by atoms with Crippen LogP contribution < -0.4 is 15.4 Å². The van der Waals surface area contributed by atoms with Gasteiger partial charge < -0.3 is 20.1 Å². The molecule has 0 unspecified atom stereocenters. The molecule has 3 aromatic rings. The molecular weight excluding hydrogens is 584 g/mol. The van der Waals surface area contributed by atoms with Gasteiger partial charge in [0.1, 0.15) is 17.4 Å². The van der Waals surface area contributed by atoms with Crippen molar-refractivity contribution in [2.24, 2.45) is 11.1 Å². The summed E-state index contributed by atoms with van der Waals surface area (Å²) in [5.41, 5.74) is 8.50. The van der Waals surface area contributed by atoms with Crippen molar-refractivity contribution in [1.29, 1.82) is 5.26 Å². The molecule has 8 nitrogen and oxygen atoms in total. The number of nitrogens with zero attached hydrogens (tertiary/aromatic N) is 5. The van der Waals surface area contributed by atoms with Gasteiger partial charge in [-0.05, 0) is 37.3 Å². The number of rotatable bonds is 6. The molecule has 0 amide bonds. The summed E-state index contributed by atoms with van der Waals surface area (Å²) in [7, 11) is 4.16. The normalized spacial score (nSPS) is 15.8. The molecule has 1 aliphatic carbocycles. The third-order valence-corrected chi connectivity index (χ3v) is 8.82. The maximum atomic E-state index is 16.7. The third kappa shape index (κ3) is 5.95. The highest BCUT2D eigenvalue weighted by Gasteiger charge is 2.42. The predicted molar refractivity (Wildman–Crippen MR) is 159 cm³/mol. The summed E-state index contributed by atoms with van der Waals surface area (Å²) in [5, 5.41) is 10.4. The lowest BCUT2D eigenvalue weighted by Crippen LogP contribution is -2.17. The molecule has 13 heteroatoms. The topological polar surface area (TPSA) is 110 Å². The minimum absolute atomic E-state index is 0.0677.